The molecular formula is C8H11NO3S. The minimum absolute atomic E-state index is 0.0495. The molecule has 1 rings (SSSR count). The highest BCUT2D eigenvalue weighted by molar-refractivity contribution is 7.85. The van der Waals surface area contributed by atoms with Gasteiger partial charge in [0.2, 0.25) is 0 Å². The van der Waals surface area contributed by atoms with Gasteiger partial charge in [0.05, 0.1) is 4.90 Å². The maximum absolute atomic E-state index is 10.8. The van der Waals surface area contributed by atoms with E-state index in [2.05, 4.69) is 5.32 Å². The molecule has 0 atom stereocenters. The van der Waals surface area contributed by atoms with Gasteiger partial charge in [-0.05, 0) is 30.7 Å². The van der Waals surface area contributed by atoms with Gasteiger partial charge in [0.1, 0.15) is 0 Å². The summed E-state index contributed by atoms with van der Waals surface area (Å²) in [6.45, 7) is 1.63. The van der Waals surface area contributed by atoms with Crippen molar-refractivity contribution in [1.82, 2.24) is 0 Å². The van der Waals surface area contributed by atoms with E-state index < -0.39 is 10.1 Å². The molecule has 0 aromatic heterocycles. The van der Waals surface area contributed by atoms with E-state index in [1.165, 1.54) is 6.07 Å². The third-order valence-electron chi connectivity index (χ3n) is 1.74. The maximum atomic E-state index is 10.8. The van der Waals surface area contributed by atoms with Crippen LogP contribution in [-0.4, -0.2) is 20.0 Å². The molecule has 1 aromatic rings. The van der Waals surface area contributed by atoms with Crippen molar-refractivity contribution in [3.05, 3.63) is 23.8 Å². The molecule has 0 radical (unpaired) electrons. The zero-order valence-corrected chi connectivity index (χ0v) is 8.22. The summed E-state index contributed by atoms with van der Waals surface area (Å²) in [5.74, 6) is 0. The molecule has 1 aromatic carbocycles. The Morgan fingerprint density at radius 1 is 1.38 bits per heavy atom. The number of hydrogen-bond acceptors (Lipinski definition) is 3. The Labute approximate surface area is 77.3 Å². The van der Waals surface area contributed by atoms with E-state index >= 15 is 0 Å². The van der Waals surface area contributed by atoms with Gasteiger partial charge in [0.15, 0.2) is 0 Å². The van der Waals surface area contributed by atoms with Crippen LogP contribution >= 0.6 is 0 Å². The highest BCUT2D eigenvalue weighted by Gasteiger charge is 2.12. The van der Waals surface area contributed by atoms with Crippen LogP contribution in [0.3, 0.4) is 0 Å². The second kappa shape index (κ2) is 3.35. The minimum atomic E-state index is -4.09. The first-order chi connectivity index (χ1) is 5.95. The molecular weight excluding hydrogens is 190 g/mol. The number of benzene rings is 1. The lowest BCUT2D eigenvalue weighted by Gasteiger charge is -2.04. The van der Waals surface area contributed by atoms with Gasteiger partial charge in [0, 0.05) is 12.7 Å². The Morgan fingerprint density at radius 2 is 2.00 bits per heavy atom. The summed E-state index contributed by atoms with van der Waals surface area (Å²) in [6, 6.07) is 4.62. The van der Waals surface area contributed by atoms with E-state index in [1.807, 2.05) is 0 Å². The first-order valence-corrected chi connectivity index (χ1v) is 5.15. The third kappa shape index (κ3) is 2.19. The van der Waals surface area contributed by atoms with Crippen molar-refractivity contribution in [2.24, 2.45) is 0 Å². The van der Waals surface area contributed by atoms with Crippen molar-refractivity contribution >= 4 is 15.8 Å². The molecule has 0 aliphatic heterocycles. The summed E-state index contributed by atoms with van der Waals surface area (Å²) >= 11 is 0. The first-order valence-electron chi connectivity index (χ1n) is 3.71. The molecule has 72 valence electrons. The molecule has 0 aliphatic rings. The summed E-state index contributed by atoms with van der Waals surface area (Å²) < 4.78 is 30.4. The van der Waals surface area contributed by atoms with Crippen LogP contribution in [0.5, 0.6) is 0 Å². The van der Waals surface area contributed by atoms with Crippen LogP contribution in [0, 0.1) is 6.92 Å². The van der Waals surface area contributed by atoms with E-state index in [0.717, 1.165) is 5.69 Å². The predicted molar refractivity (Wildman–Crippen MR) is 50.5 cm³/mol. The minimum Gasteiger partial charge on any atom is -0.388 e. The van der Waals surface area contributed by atoms with Crippen LogP contribution in [0.2, 0.25) is 0 Å². The van der Waals surface area contributed by atoms with E-state index in [9.17, 15) is 8.42 Å². The molecule has 0 aliphatic carbocycles. The number of rotatable bonds is 2. The average molecular weight is 201 g/mol. The predicted octanol–water partition coefficient (Wildman–Crippen LogP) is 1.28. The van der Waals surface area contributed by atoms with E-state index in [1.54, 1.807) is 26.1 Å². The number of nitrogens with one attached hydrogen (secondary N) is 1. The van der Waals surface area contributed by atoms with Gasteiger partial charge < -0.3 is 5.32 Å². The van der Waals surface area contributed by atoms with Crippen LogP contribution < -0.4 is 5.32 Å². The van der Waals surface area contributed by atoms with E-state index in [0.29, 0.717) is 5.56 Å². The Kier molecular flexibility index (Phi) is 2.58. The molecule has 4 nitrogen and oxygen atoms in total. The molecule has 0 spiro atoms. The summed E-state index contributed by atoms with van der Waals surface area (Å²) in [7, 11) is -2.35. The van der Waals surface area contributed by atoms with Crippen molar-refractivity contribution in [2.75, 3.05) is 12.4 Å². The second-order valence-corrected chi connectivity index (χ2v) is 4.10. The van der Waals surface area contributed by atoms with Crippen LogP contribution in [0.15, 0.2) is 23.1 Å². The quantitative estimate of drug-likeness (QED) is 0.707. The van der Waals surface area contributed by atoms with Crippen LogP contribution in [0.4, 0.5) is 5.69 Å². The molecule has 5 heteroatoms. The topological polar surface area (TPSA) is 66.4 Å². The summed E-state index contributed by atoms with van der Waals surface area (Å²) in [6.07, 6.45) is 0. The fraction of sp³-hybridized carbons (Fsp3) is 0.250. The van der Waals surface area contributed by atoms with Gasteiger partial charge in [-0.3, -0.25) is 4.55 Å². The standard InChI is InChI=1S/C8H11NO3S/c1-6-5-7(9-2)3-4-8(6)13(10,11)12/h3-5,9H,1-2H3,(H,10,11,12). The molecule has 13 heavy (non-hydrogen) atoms. The monoisotopic (exact) mass is 201 g/mol. The SMILES string of the molecule is CNc1ccc(S(=O)(=O)O)c(C)c1. The Bertz CT molecular complexity index is 411. The van der Waals surface area contributed by atoms with Crippen molar-refractivity contribution in [2.45, 2.75) is 11.8 Å². The Morgan fingerprint density at radius 3 is 2.38 bits per heavy atom. The van der Waals surface area contributed by atoms with Gasteiger partial charge in [0.25, 0.3) is 10.1 Å². The number of anilines is 1. The average Bonchev–Trinajstić information content (AvgIpc) is 2.01. The smallest absolute Gasteiger partial charge is 0.294 e. The zero-order valence-electron chi connectivity index (χ0n) is 7.40. The van der Waals surface area contributed by atoms with E-state index in [4.69, 9.17) is 4.55 Å². The van der Waals surface area contributed by atoms with Crippen LogP contribution in [0.1, 0.15) is 5.56 Å². The van der Waals surface area contributed by atoms with Crippen molar-refractivity contribution in [3.8, 4) is 0 Å². The van der Waals surface area contributed by atoms with Crippen molar-refractivity contribution in [3.63, 3.8) is 0 Å². The van der Waals surface area contributed by atoms with Gasteiger partial charge in [-0.2, -0.15) is 8.42 Å². The second-order valence-electron chi connectivity index (χ2n) is 2.71. The highest BCUT2D eigenvalue weighted by atomic mass is 32.2. The fourth-order valence-electron chi connectivity index (χ4n) is 1.09. The normalized spacial score (nSPS) is 11.3. The van der Waals surface area contributed by atoms with Crippen molar-refractivity contribution < 1.29 is 13.0 Å². The lowest BCUT2D eigenvalue weighted by molar-refractivity contribution is 0.482. The third-order valence-corrected chi connectivity index (χ3v) is 2.76. The fourth-order valence-corrected chi connectivity index (χ4v) is 1.80. The Hall–Kier alpha value is -1.07. The number of aryl methyl sites for hydroxylation is 1. The molecule has 0 amide bonds. The molecule has 0 unspecified atom stereocenters. The number of hydrogen-bond donors (Lipinski definition) is 2. The maximum Gasteiger partial charge on any atom is 0.294 e. The Balaban J connectivity index is 3.29. The summed E-state index contributed by atoms with van der Waals surface area (Å²) in [4.78, 5) is -0.0495. The van der Waals surface area contributed by atoms with Gasteiger partial charge >= 0.3 is 0 Å². The van der Waals surface area contributed by atoms with Crippen LogP contribution in [0.25, 0.3) is 0 Å². The molecule has 0 fully saturated rings. The first kappa shape index (κ1) is 10.0. The zero-order chi connectivity index (χ0) is 10.1. The summed E-state index contributed by atoms with van der Waals surface area (Å²) in [5, 5.41) is 2.87. The molecule has 0 saturated heterocycles. The lowest BCUT2D eigenvalue weighted by atomic mass is 10.2. The van der Waals surface area contributed by atoms with Gasteiger partial charge in [-0.15, -0.1) is 0 Å². The summed E-state index contributed by atoms with van der Waals surface area (Å²) in [5.41, 5.74) is 1.33. The molecule has 2 N–H and O–H groups in total. The van der Waals surface area contributed by atoms with Gasteiger partial charge in [-0.1, -0.05) is 0 Å². The highest BCUT2D eigenvalue weighted by Crippen LogP contribution is 2.18. The molecule has 0 saturated carbocycles. The van der Waals surface area contributed by atoms with Gasteiger partial charge in [-0.25, -0.2) is 0 Å². The molecule has 0 bridgehead atoms. The van der Waals surface area contributed by atoms with Crippen molar-refractivity contribution in [1.29, 1.82) is 0 Å². The lowest BCUT2D eigenvalue weighted by Crippen LogP contribution is -2.01. The van der Waals surface area contributed by atoms with E-state index in [-0.39, 0.29) is 4.90 Å². The van der Waals surface area contributed by atoms with Crippen LogP contribution in [-0.2, 0) is 10.1 Å². The largest absolute Gasteiger partial charge is 0.388 e. The molecule has 0 heterocycles.